The largest absolute Gasteiger partial charge is 0.409 e. The Morgan fingerprint density at radius 2 is 2.16 bits per heavy atom. The van der Waals surface area contributed by atoms with Crippen molar-refractivity contribution < 1.29 is 5.21 Å². The first kappa shape index (κ1) is 13.9. The monoisotopic (exact) mass is 295 g/mol. The molecule has 1 aromatic carbocycles. The molecule has 0 saturated heterocycles. The van der Waals surface area contributed by atoms with Crippen molar-refractivity contribution in [1.29, 1.82) is 0 Å². The smallest absolute Gasteiger partial charge is 0.170 e. The number of hydrogen-bond donors (Lipinski definition) is 3. The fourth-order valence-corrected chi connectivity index (χ4v) is 2.73. The first-order valence-electron chi connectivity index (χ1n) is 5.71. The molecule has 0 amide bonds. The predicted octanol–water partition coefficient (Wildman–Crippen LogP) is 2.79. The highest BCUT2D eigenvalue weighted by Gasteiger charge is 2.01. The summed E-state index contributed by atoms with van der Waals surface area (Å²) >= 11 is 7.43. The Bertz CT molecular complexity index is 583. The van der Waals surface area contributed by atoms with Crippen LogP contribution in [0.4, 0.5) is 0 Å². The lowest BCUT2D eigenvalue weighted by molar-refractivity contribution is 0.318. The summed E-state index contributed by atoms with van der Waals surface area (Å²) in [4.78, 5) is 1.19. The maximum atomic E-state index is 8.64. The average Bonchev–Trinajstić information content (AvgIpc) is 2.84. The van der Waals surface area contributed by atoms with Crippen molar-refractivity contribution in [2.75, 3.05) is 0 Å². The van der Waals surface area contributed by atoms with E-state index in [1.165, 1.54) is 4.88 Å². The van der Waals surface area contributed by atoms with Gasteiger partial charge in [-0.15, -0.1) is 11.3 Å². The zero-order chi connectivity index (χ0) is 13.7. The van der Waals surface area contributed by atoms with Gasteiger partial charge in [0, 0.05) is 23.5 Å². The summed E-state index contributed by atoms with van der Waals surface area (Å²) < 4.78 is 0.797. The number of nitrogens with zero attached hydrogens (tertiary/aromatic N) is 1. The van der Waals surface area contributed by atoms with Gasteiger partial charge in [-0.2, -0.15) is 0 Å². The van der Waals surface area contributed by atoms with Crippen molar-refractivity contribution in [3.8, 4) is 0 Å². The maximum Gasteiger partial charge on any atom is 0.170 e. The fourth-order valence-electron chi connectivity index (χ4n) is 1.68. The van der Waals surface area contributed by atoms with Gasteiger partial charge < -0.3 is 16.3 Å². The van der Waals surface area contributed by atoms with Crippen molar-refractivity contribution in [1.82, 2.24) is 5.32 Å². The summed E-state index contributed by atoms with van der Waals surface area (Å²) in [5.74, 6) is 0.117. The molecule has 0 fully saturated rings. The molecule has 6 heteroatoms. The van der Waals surface area contributed by atoms with E-state index in [1.54, 1.807) is 17.4 Å². The summed E-state index contributed by atoms with van der Waals surface area (Å²) in [5, 5.41) is 15.0. The topological polar surface area (TPSA) is 70.6 Å². The second kappa shape index (κ2) is 6.56. The van der Waals surface area contributed by atoms with Crippen molar-refractivity contribution in [2.24, 2.45) is 10.9 Å². The molecule has 2 aromatic rings. The molecule has 1 aromatic heterocycles. The Balaban J connectivity index is 1.92. The van der Waals surface area contributed by atoms with Crippen molar-refractivity contribution >= 4 is 28.8 Å². The Morgan fingerprint density at radius 1 is 1.32 bits per heavy atom. The molecule has 4 N–H and O–H groups in total. The molecule has 1 heterocycles. The Labute approximate surface area is 120 Å². The van der Waals surface area contributed by atoms with Crippen molar-refractivity contribution in [3.63, 3.8) is 0 Å². The molecule has 0 radical (unpaired) electrons. The maximum absolute atomic E-state index is 8.64. The Hall–Kier alpha value is -1.56. The number of halogens is 1. The molecular formula is C13H14ClN3OS. The summed E-state index contributed by atoms with van der Waals surface area (Å²) in [7, 11) is 0. The van der Waals surface area contributed by atoms with Gasteiger partial charge in [0.1, 0.15) is 0 Å². The summed E-state index contributed by atoms with van der Waals surface area (Å²) in [6, 6.07) is 11.5. The van der Waals surface area contributed by atoms with Crippen LogP contribution in [0.15, 0.2) is 41.6 Å². The normalized spacial score (nSPS) is 11.7. The quantitative estimate of drug-likeness (QED) is 0.344. The van der Waals surface area contributed by atoms with Gasteiger partial charge in [-0.1, -0.05) is 35.0 Å². The molecule has 0 aliphatic rings. The van der Waals surface area contributed by atoms with Crippen molar-refractivity contribution in [2.45, 2.75) is 13.1 Å². The van der Waals surface area contributed by atoms with Gasteiger partial charge in [0.15, 0.2) is 5.84 Å². The second-order valence-electron chi connectivity index (χ2n) is 3.99. The molecule has 19 heavy (non-hydrogen) atoms. The van der Waals surface area contributed by atoms with Crippen LogP contribution in [0.5, 0.6) is 0 Å². The van der Waals surface area contributed by atoms with E-state index in [9.17, 15) is 0 Å². The van der Waals surface area contributed by atoms with Crippen LogP contribution in [0.2, 0.25) is 4.34 Å². The number of nitrogens with one attached hydrogen (secondary N) is 1. The van der Waals surface area contributed by atoms with Crippen molar-refractivity contribution in [3.05, 3.63) is 56.7 Å². The number of thiophene rings is 1. The van der Waals surface area contributed by atoms with E-state index in [4.69, 9.17) is 22.5 Å². The highest BCUT2D eigenvalue weighted by atomic mass is 35.5. The van der Waals surface area contributed by atoms with Gasteiger partial charge >= 0.3 is 0 Å². The Morgan fingerprint density at radius 3 is 2.84 bits per heavy atom. The zero-order valence-corrected chi connectivity index (χ0v) is 11.7. The van der Waals surface area contributed by atoms with Gasteiger partial charge in [-0.3, -0.25) is 0 Å². The molecule has 0 spiro atoms. The number of nitrogens with two attached hydrogens (primary N) is 1. The van der Waals surface area contributed by atoms with E-state index in [-0.39, 0.29) is 5.84 Å². The number of oxime groups is 1. The number of amidine groups is 1. The van der Waals surface area contributed by atoms with Gasteiger partial charge in [0.2, 0.25) is 0 Å². The van der Waals surface area contributed by atoms with E-state index in [0.717, 1.165) is 16.4 Å². The molecular weight excluding hydrogens is 282 g/mol. The van der Waals surface area contributed by atoms with Gasteiger partial charge in [-0.25, -0.2) is 0 Å². The second-order valence-corrected chi connectivity index (χ2v) is 5.79. The first-order valence-corrected chi connectivity index (χ1v) is 6.90. The van der Waals surface area contributed by atoms with E-state index in [1.807, 2.05) is 30.3 Å². The van der Waals surface area contributed by atoms with E-state index in [0.29, 0.717) is 12.1 Å². The minimum atomic E-state index is 0.117. The molecule has 0 unspecified atom stereocenters. The lowest BCUT2D eigenvalue weighted by Crippen LogP contribution is -2.15. The molecule has 0 aliphatic carbocycles. The van der Waals surface area contributed by atoms with Crippen LogP contribution < -0.4 is 11.1 Å². The number of benzene rings is 1. The molecule has 2 rings (SSSR count). The molecule has 0 saturated carbocycles. The third kappa shape index (κ3) is 3.96. The summed E-state index contributed by atoms with van der Waals surface area (Å²) in [6.07, 6.45) is 0. The lowest BCUT2D eigenvalue weighted by atomic mass is 10.1. The average molecular weight is 296 g/mol. The summed E-state index contributed by atoms with van der Waals surface area (Å²) in [6.45, 7) is 1.48. The standard InChI is InChI=1S/C13H14ClN3OS/c14-12-5-4-11(19-12)8-16-7-9-2-1-3-10(6-9)13(15)17-18/h1-6,16,18H,7-8H2,(H2,15,17). The predicted molar refractivity (Wildman–Crippen MR) is 78.8 cm³/mol. The third-order valence-corrected chi connectivity index (χ3v) is 3.82. The van der Waals surface area contributed by atoms with Crippen LogP contribution in [-0.2, 0) is 13.1 Å². The van der Waals surface area contributed by atoms with Crippen LogP contribution >= 0.6 is 22.9 Å². The van der Waals surface area contributed by atoms with Crippen LogP contribution in [0.3, 0.4) is 0 Å². The SMILES string of the molecule is NC(=NO)c1cccc(CNCc2ccc(Cl)s2)c1. The molecule has 0 atom stereocenters. The first-order chi connectivity index (χ1) is 9.19. The summed E-state index contributed by atoms with van der Waals surface area (Å²) in [5.41, 5.74) is 7.34. The van der Waals surface area contributed by atoms with Gasteiger partial charge in [-0.05, 0) is 23.8 Å². The zero-order valence-electron chi connectivity index (χ0n) is 10.1. The number of hydrogen-bond acceptors (Lipinski definition) is 4. The van der Waals surface area contributed by atoms with Crippen LogP contribution in [-0.4, -0.2) is 11.0 Å². The third-order valence-electron chi connectivity index (χ3n) is 2.59. The van der Waals surface area contributed by atoms with E-state index < -0.39 is 0 Å². The lowest BCUT2D eigenvalue weighted by Gasteiger charge is -2.05. The van der Waals surface area contributed by atoms with E-state index >= 15 is 0 Å². The fraction of sp³-hybridized carbons (Fsp3) is 0.154. The van der Waals surface area contributed by atoms with Crippen LogP contribution in [0, 0.1) is 0 Å². The van der Waals surface area contributed by atoms with Gasteiger partial charge in [0.05, 0.1) is 4.34 Å². The molecule has 4 nitrogen and oxygen atoms in total. The van der Waals surface area contributed by atoms with Crippen LogP contribution in [0.25, 0.3) is 0 Å². The Kier molecular flexibility index (Phi) is 4.79. The minimum Gasteiger partial charge on any atom is -0.409 e. The molecule has 100 valence electrons. The molecule has 0 aliphatic heterocycles. The highest BCUT2D eigenvalue weighted by molar-refractivity contribution is 7.16. The minimum absolute atomic E-state index is 0.117. The highest BCUT2D eigenvalue weighted by Crippen LogP contribution is 2.21. The van der Waals surface area contributed by atoms with Gasteiger partial charge in [0.25, 0.3) is 0 Å². The number of rotatable bonds is 5. The van der Waals surface area contributed by atoms with Crippen LogP contribution in [0.1, 0.15) is 16.0 Å². The van der Waals surface area contributed by atoms with E-state index in [2.05, 4.69) is 10.5 Å². The molecule has 0 bridgehead atoms.